The number of nitrogens with zero attached hydrogens (tertiary/aromatic N) is 4. The van der Waals surface area contributed by atoms with Crippen LogP contribution in [0.1, 0.15) is 55.4 Å². The molecule has 0 unspecified atom stereocenters. The van der Waals surface area contributed by atoms with Crippen LogP contribution in [-0.4, -0.2) is 70.4 Å². The minimum absolute atomic E-state index is 1.00. The van der Waals surface area contributed by atoms with E-state index in [1.807, 2.05) is 0 Å². The van der Waals surface area contributed by atoms with Gasteiger partial charge in [-0.3, -0.25) is 0 Å². The van der Waals surface area contributed by atoms with E-state index in [0.717, 1.165) is 52.4 Å². The monoisotopic (exact) mass is 666 g/mol. The van der Waals surface area contributed by atoms with Gasteiger partial charge in [-0.05, 0) is 125 Å². The summed E-state index contributed by atoms with van der Waals surface area (Å²) in [4.78, 5) is 9.64. The molecule has 0 aliphatic rings. The van der Waals surface area contributed by atoms with Crippen LogP contribution in [0.3, 0.4) is 0 Å². The Hall–Kier alpha value is -3.53. The topological polar surface area (TPSA) is 22.2 Å². The molecule has 47 heavy (non-hydrogen) atoms. The second kappa shape index (κ2) is 18.1. The van der Waals surface area contributed by atoms with E-state index in [1.54, 1.807) is 0 Å². The molecule has 4 aromatic rings. The zero-order chi connectivity index (χ0) is 33.8. The van der Waals surface area contributed by atoms with E-state index in [-0.39, 0.29) is 0 Å². The molecule has 0 radical (unpaired) electrons. The third-order valence-electron chi connectivity index (χ3n) is 9.57. The minimum Gasteiger partial charge on any atom is -0.446 e. The molecule has 4 rings (SSSR count). The Balaban J connectivity index is 1.81. The van der Waals surface area contributed by atoms with Gasteiger partial charge in [-0.25, -0.2) is 0 Å². The van der Waals surface area contributed by atoms with Gasteiger partial charge < -0.3 is 23.7 Å². The Morgan fingerprint density at radius 3 is 0.638 bits per heavy atom. The Morgan fingerprint density at radius 1 is 0.319 bits per heavy atom. The van der Waals surface area contributed by atoms with Crippen LogP contribution in [0.2, 0.25) is 0 Å². The smallest absolute Gasteiger partial charge is 0.228 e. The molecule has 0 N–H and O–H groups in total. The number of anilines is 4. The summed E-state index contributed by atoms with van der Waals surface area (Å²) in [6.07, 6.45) is 0. The third-order valence-corrected chi connectivity index (χ3v) is 15.7. The van der Waals surface area contributed by atoms with Gasteiger partial charge in [0.2, 0.25) is 18.1 Å². The summed E-state index contributed by atoms with van der Waals surface area (Å²) in [7, 11) is -4.14. The lowest BCUT2D eigenvalue weighted by atomic mass is 10.3. The molecule has 0 atom stereocenters. The maximum Gasteiger partial charge on any atom is 0.228 e. The van der Waals surface area contributed by atoms with E-state index in [9.17, 15) is 0 Å². The van der Waals surface area contributed by atoms with E-state index in [2.05, 4.69) is 172 Å². The van der Waals surface area contributed by atoms with Gasteiger partial charge in [0.1, 0.15) is 0 Å². The van der Waals surface area contributed by atoms with Gasteiger partial charge in [0, 0.05) is 75.1 Å². The van der Waals surface area contributed by atoms with Crippen molar-refractivity contribution < 1.29 is 4.12 Å². The Labute approximate surface area is 289 Å². The molecular formula is C40H58N4OSi2. The molecule has 0 heterocycles. The van der Waals surface area contributed by atoms with Crippen LogP contribution in [0.15, 0.2) is 97.1 Å². The molecule has 7 heteroatoms. The predicted molar refractivity (Wildman–Crippen MR) is 214 cm³/mol. The standard InChI is InChI=1S/C40H58N4OSi2/c1-9-41(10-2)33-17-25-37(26-18-33)46(38-27-19-34(20-28-38)42(11-3)12-4)45-47(39-29-21-35(22-30-39)43(13-5)14-6)40-31-23-36(24-32-40)44(15-7)16-8/h17-32,46-47H,9-16H2,1-8H3. The molecule has 0 aliphatic carbocycles. The predicted octanol–water partition coefficient (Wildman–Crippen LogP) is 5.46. The van der Waals surface area contributed by atoms with Gasteiger partial charge in [0.05, 0.1) is 0 Å². The normalized spacial score (nSPS) is 11.3. The quantitative estimate of drug-likeness (QED) is 0.131. The van der Waals surface area contributed by atoms with Gasteiger partial charge in [-0.1, -0.05) is 48.5 Å². The Bertz CT molecular complexity index is 1220. The van der Waals surface area contributed by atoms with Gasteiger partial charge in [-0.2, -0.15) is 0 Å². The Morgan fingerprint density at radius 2 is 0.489 bits per heavy atom. The van der Waals surface area contributed by atoms with Crippen LogP contribution in [-0.2, 0) is 4.12 Å². The van der Waals surface area contributed by atoms with E-state index >= 15 is 0 Å². The highest BCUT2D eigenvalue weighted by Crippen LogP contribution is 2.17. The maximum atomic E-state index is 7.63. The lowest BCUT2D eigenvalue weighted by Crippen LogP contribution is -2.56. The maximum absolute atomic E-state index is 7.63. The zero-order valence-corrected chi connectivity index (χ0v) is 32.6. The summed E-state index contributed by atoms with van der Waals surface area (Å²) in [6, 6.07) is 37.0. The van der Waals surface area contributed by atoms with Gasteiger partial charge >= 0.3 is 0 Å². The summed E-state index contributed by atoms with van der Waals surface area (Å²) in [6.45, 7) is 25.8. The summed E-state index contributed by atoms with van der Waals surface area (Å²) >= 11 is 0. The fraction of sp³-hybridized carbons (Fsp3) is 0.400. The van der Waals surface area contributed by atoms with Crippen LogP contribution in [0.25, 0.3) is 0 Å². The molecule has 0 amide bonds. The molecular weight excluding hydrogens is 609 g/mol. The SMILES string of the molecule is CCN(CC)c1ccc([SiH](O[SiH](c2ccc(N(CC)CC)cc2)c2ccc(N(CC)CC)cc2)c2ccc(N(CC)CC)cc2)cc1. The Kier molecular flexibility index (Phi) is 14.0. The van der Waals surface area contributed by atoms with Crippen LogP contribution >= 0.6 is 0 Å². The molecule has 252 valence electrons. The van der Waals surface area contributed by atoms with Crippen molar-refractivity contribution >= 4 is 61.6 Å². The van der Waals surface area contributed by atoms with E-state index in [1.165, 1.54) is 43.5 Å². The van der Waals surface area contributed by atoms with Gasteiger partial charge in [0.25, 0.3) is 0 Å². The van der Waals surface area contributed by atoms with E-state index in [0.29, 0.717) is 0 Å². The van der Waals surface area contributed by atoms with Gasteiger partial charge in [-0.15, -0.1) is 0 Å². The first kappa shape index (κ1) is 36.3. The number of benzene rings is 4. The van der Waals surface area contributed by atoms with Crippen LogP contribution in [0.5, 0.6) is 0 Å². The second-order valence-corrected chi connectivity index (χ2v) is 17.2. The summed E-state index contributed by atoms with van der Waals surface area (Å²) in [5, 5.41) is 5.31. The molecule has 0 fully saturated rings. The summed E-state index contributed by atoms with van der Waals surface area (Å²) in [5.74, 6) is 0. The second-order valence-electron chi connectivity index (χ2n) is 12.0. The van der Waals surface area contributed by atoms with Crippen molar-refractivity contribution in [1.29, 1.82) is 0 Å². The minimum atomic E-state index is -2.07. The zero-order valence-electron chi connectivity index (χ0n) is 30.2. The highest BCUT2D eigenvalue weighted by molar-refractivity contribution is 6.91. The average molecular weight is 667 g/mol. The van der Waals surface area contributed by atoms with Gasteiger partial charge in [0.15, 0.2) is 0 Å². The van der Waals surface area contributed by atoms with Crippen LogP contribution < -0.4 is 40.3 Å². The highest BCUT2D eigenvalue weighted by Gasteiger charge is 2.27. The van der Waals surface area contributed by atoms with E-state index < -0.39 is 18.1 Å². The molecule has 0 aliphatic heterocycles. The lowest BCUT2D eigenvalue weighted by molar-refractivity contribution is 0.633. The van der Waals surface area contributed by atoms with E-state index in [4.69, 9.17) is 4.12 Å². The molecule has 4 aromatic carbocycles. The van der Waals surface area contributed by atoms with Crippen molar-refractivity contribution in [2.24, 2.45) is 0 Å². The molecule has 0 aromatic heterocycles. The van der Waals surface area contributed by atoms with Crippen molar-refractivity contribution in [2.45, 2.75) is 55.4 Å². The average Bonchev–Trinajstić information content (AvgIpc) is 3.12. The molecule has 5 nitrogen and oxygen atoms in total. The van der Waals surface area contributed by atoms with Crippen molar-refractivity contribution in [1.82, 2.24) is 0 Å². The first-order valence-electron chi connectivity index (χ1n) is 18.0. The number of hydrogen-bond donors (Lipinski definition) is 0. The molecule has 0 spiro atoms. The lowest BCUT2D eigenvalue weighted by Gasteiger charge is -2.28. The van der Waals surface area contributed by atoms with Crippen LogP contribution in [0, 0.1) is 0 Å². The first-order chi connectivity index (χ1) is 22.9. The molecule has 0 bridgehead atoms. The van der Waals surface area contributed by atoms with Crippen molar-refractivity contribution in [3.05, 3.63) is 97.1 Å². The third kappa shape index (κ3) is 8.89. The first-order valence-corrected chi connectivity index (χ1v) is 21.2. The summed E-state index contributed by atoms with van der Waals surface area (Å²) < 4.78 is 7.63. The molecule has 0 saturated heterocycles. The van der Waals surface area contributed by atoms with Crippen molar-refractivity contribution in [3.8, 4) is 0 Å². The largest absolute Gasteiger partial charge is 0.446 e. The van der Waals surface area contributed by atoms with Crippen LogP contribution in [0.4, 0.5) is 22.7 Å². The number of hydrogen-bond acceptors (Lipinski definition) is 5. The van der Waals surface area contributed by atoms with Crippen molar-refractivity contribution in [3.63, 3.8) is 0 Å². The molecule has 0 saturated carbocycles. The highest BCUT2D eigenvalue weighted by atomic mass is 28.4. The summed E-state index contributed by atoms with van der Waals surface area (Å²) in [5.41, 5.74) is 5.10. The fourth-order valence-corrected chi connectivity index (χ4v) is 13.2. The van der Waals surface area contributed by atoms with Crippen molar-refractivity contribution in [2.75, 3.05) is 72.0 Å². The fourth-order valence-electron chi connectivity index (χ4n) is 6.63. The number of rotatable bonds is 18.